The highest BCUT2D eigenvalue weighted by molar-refractivity contribution is 5.49. The Bertz CT molecular complexity index is 461. The number of hydrogen-bond donors (Lipinski definition) is 1. The van der Waals surface area contributed by atoms with Crippen molar-refractivity contribution in [3.63, 3.8) is 0 Å². The summed E-state index contributed by atoms with van der Waals surface area (Å²) in [6.45, 7) is 9.36. The van der Waals surface area contributed by atoms with Gasteiger partial charge in [0, 0.05) is 23.7 Å². The van der Waals surface area contributed by atoms with Crippen LogP contribution in [0.2, 0.25) is 0 Å². The Hall–Kier alpha value is -1.24. The summed E-state index contributed by atoms with van der Waals surface area (Å²) in [5.41, 5.74) is 6.26. The first-order valence-corrected chi connectivity index (χ1v) is 6.70. The van der Waals surface area contributed by atoms with Crippen molar-refractivity contribution in [3.05, 3.63) is 46.8 Å². The van der Waals surface area contributed by atoms with Crippen LogP contribution in [0.3, 0.4) is 0 Å². The average molecular weight is 227 g/mol. The van der Waals surface area contributed by atoms with Crippen molar-refractivity contribution in [2.45, 2.75) is 39.5 Å². The highest BCUT2D eigenvalue weighted by Gasteiger charge is 2.35. The molecule has 4 atom stereocenters. The van der Waals surface area contributed by atoms with Gasteiger partial charge in [-0.2, -0.15) is 0 Å². The zero-order chi connectivity index (χ0) is 12.2. The van der Waals surface area contributed by atoms with Crippen molar-refractivity contribution in [1.29, 1.82) is 0 Å². The summed E-state index contributed by atoms with van der Waals surface area (Å²) < 4.78 is 0. The van der Waals surface area contributed by atoms with Crippen LogP contribution in [0.5, 0.6) is 0 Å². The molecule has 90 valence electrons. The molecule has 2 aliphatic rings. The molecule has 0 spiro atoms. The first kappa shape index (κ1) is 10.9. The fourth-order valence-electron chi connectivity index (χ4n) is 3.83. The minimum Gasteiger partial charge on any atom is -0.364 e. The lowest BCUT2D eigenvalue weighted by Crippen LogP contribution is -2.24. The van der Waals surface area contributed by atoms with E-state index in [2.05, 4.69) is 57.1 Å². The van der Waals surface area contributed by atoms with E-state index >= 15 is 0 Å². The number of hydrogen-bond acceptors (Lipinski definition) is 0. The molecule has 0 saturated heterocycles. The van der Waals surface area contributed by atoms with Crippen LogP contribution in [-0.2, 0) is 0 Å². The van der Waals surface area contributed by atoms with E-state index < -0.39 is 0 Å². The number of fused-ring (bicyclic) bond motifs is 1. The van der Waals surface area contributed by atoms with E-state index in [4.69, 9.17) is 0 Å². The monoisotopic (exact) mass is 227 g/mol. The van der Waals surface area contributed by atoms with E-state index in [0.717, 1.165) is 0 Å². The number of nitrogens with one attached hydrogen (secondary N) is 1. The molecule has 1 N–H and O–H groups in total. The van der Waals surface area contributed by atoms with Crippen LogP contribution in [0, 0.1) is 11.8 Å². The third-order valence-corrected chi connectivity index (χ3v) is 4.65. The van der Waals surface area contributed by atoms with Crippen LogP contribution in [0.25, 0.3) is 0 Å². The fourth-order valence-corrected chi connectivity index (χ4v) is 3.83. The van der Waals surface area contributed by atoms with Crippen molar-refractivity contribution in [3.8, 4) is 0 Å². The van der Waals surface area contributed by atoms with E-state index in [1.807, 2.05) is 0 Å². The molecule has 4 unspecified atom stereocenters. The van der Waals surface area contributed by atoms with Crippen LogP contribution in [0.4, 0.5) is 0 Å². The van der Waals surface area contributed by atoms with Gasteiger partial charge in [-0.05, 0) is 23.5 Å². The summed E-state index contributed by atoms with van der Waals surface area (Å²) in [5, 5.41) is 0. The molecule has 0 amide bonds. The minimum absolute atomic E-state index is 0.550. The van der Waals surface area contributed by atoms with Gasteiger partial charge in [0.05, 0.1) is 0 Å². The molecule has 1 heteroatoms. The van der Waals surface area contributed by atoms with Gasteiger partial charge in [0.1, 0.15) is 0 Å². The van der Waals surface area contributed by atoms with Crippen LogP contribution >= 0.6 is 0 Å². The van der Waals surface area contributed by atoms with Gasteiger partial charge in [-0.15, -0.1) is 0 Å². The first-order valence-electron chi connectivity index (χ1n) is 6.70. The van der Waals surface area contributed by atoms with Gasteiger partial charge < -0.3 is 4.98 Å². The van der Waals surface area contributed by atoms with E-state index in [1.54, 1.807) is 11.1 Å². The molecule has 1 aromatic rings. The molecular formula is C16H21N. The summed E-state index contributed by atoms with van der Waals surface area (Å²) >= 11 is 0. The number of aromatic amines is 1. The van der Waals surface area contributed by atoms with Crippen molar-refractivity contribution in [2.75, 3.05) is 0 Å². The molecule has 1 nitrogen and oxygen atoms in total. The molecule has 3 rings (SSSR count). The van der Waals surface area contributed by atoms with Crippen LogP contribution in [0.15, 0.2) is 35.6 Å². The minimum atomic E-state index is 0.550. The lowest BCUT2D eigenvalue weighted by Gasteiger charge is -2.38. The zero-order valence-corrected chi connectivity index (χ0v) is 11.1. The summed E-state index contributed by atoms with van der Waals surface area (Å²) in [4.78, 5) is 3.45. The Kier molecular flexibility index (Phi) is 2.32. The van der Waals surface area contributed by atoms with Gasteiger partial charge in [0.15, 0.2) is 0 Å². The van der Waals surface area contributed by atoms with Crippen molar-refractivity contribution in [2.24, 2.45) is 11.8 Å². The van der Waals surface area contributed by atoms with Crippen LogP contribution in [0.1, 0.15) is 50.8 Å². The van der Waals surface area contributed by atoms with Crippen molar-refractivity contribution >= 4 is 0 Å². The summed E-state index contributed by atoms with van der Waals surface area (Å²) in [5.74, 6) is 2.32. The molecule has 0 radical (unpaired) electrons. The number of rotatable bonds is 0. The first-order chi connectivity index (χ1) is 8.11. The van der Waals surface area contributed by atoms with Gasteiger partial charge in [0.2, 0.25) is 0 Å². The van der Waals surface area contributed by atoms with E-state index in [1.165, 1.54) is 11.3 Å². The summed E-state index contributed by atoms with van der Waals surface area (Å²) in [6, 6.07) is 2.26. The predicted molar refractivity (Wildman–Crippen MR) is 72.1 cm³/mol. The fraction of sp³-hybridized carbons (Fsp3) is 0.500. The molecule has 1 aromatic heterocycles. The smallest absolute Gasteiger partial charge is 0.0255 e. The Morgan fingerprint density at radius 2 is 1.47 bits per heavy atom. The normalized spacial score (nSPS) is 35.8. The van der Waals surface area contributed by atoms with E-state index in [-0.39, 0.29) is 0 Å². The standard InChI is InChI=1S/C16H21N/c1-9-5-6-10(2)15-12(4)16-13(7-8-17-16)11(3)14(9)15/h5-12,17H,1-4H3. The van der Waals surface area contributed by atoms with Gasteiger partial charge in [-0.25, -0.2) is 0 Å². The van der Waals surface area contributed by atoms with Crippen molar-refractivity contribution < 1.29 is 0 Å². The lowest BCUT2D eigenvalue weighted by atomic mass is 9.67. The van der Waals surface area contributed by atoms with Gasteiger partial charge in [-0.1, -0.05) is 51.0 Å². The lowest BCUT2D eigenvalue weighted by molar-refractivity contribution is 0.583. The third-order valence-electron chi connectivity index (χ3n) is 4.65. The Labute approximate surface area is 104 Å². The molecule has 0 aliphatic heterocycles. The molecule has 0 bridgehead atoms. The zero-order valence-electron chi connectivity index (χ0n) is 11.1. The molecular weight excluding hydrogens is 206 g/mol. The third kappa shape index (κ3) is 1.38. The maximum absolute atomic E-state index is 3.45. The number of allylic oxidation sites excluding steroid dienone is 4. The highest BCUT2D eigenvalue weighted by Crippen LogP contribution is 2.49. The maximum atomic E-state index is 3.45. The SMILES string of the molecule is CC1C=CC(C)C2=C1C(C)c1cc[nH]c1C2C. The molecule has 1 heterocycles. The Morgan fingerprint density at radius 3 is 2.12 bits per heavy atom. The topological polar surface area (TPSA) is 15.8 Å². The molecule has 2 aliphatic carbocycles. The van der Waals surface area contributed by atoms with Crippen LogP contribution < -0.4 is 0 Å². The summed E-state index contributed by atoms with van der Waals surface area (Å²) in [6.07, 6.45) is 6.85. The van der Waals surface area contributed by atoms with Crippen LogP contribution in [-0.4, -0.2) is 4.98 Å². The Balaban J connectivity index is 2.18. The second-order valence-electron chi connectivity index (χ2n) is 5.66. The number of aromatic nitrogens is 1. The highest BCUT2D eigenvalue weighted by atomic mass is 14.7. The van der Waals surface area contributed by atoms with Crippen molar-refractivity contribution in [1.82, 2.24) is 4.98 Å². The maximum Gasteiger partial charge on any atom is 0.0255 e. The average Bonchev–Trinajstić information content (AvgIpc) is 2.78. The second kappa shape index (κ2) is 3.63. The van der Waals surface area contributed by atoms with E-state index in [9.17, 15) is 0 Å². The molecule has 17 heavy (non-hydrogen) atoms. The summed E-state index contributed by atoms with van der Waals surface area (Å²) in [7, 11) is 0. The van der Waals surface area contributed by atoms with Gasteiger partial charge in [-0.3, -0.25) is 0 Å². The Morgan fingerprint density at radius 1 is 0.882 bits per heavy atom. The number of H-pyrrole nitrogens is 1. The predicted octanol–water partition coefficient (Wildman–Crippen LogP) is 4.37. The largest absolute Gasteiger partial charge is 0.364 e. The van der Waals surface area contributed by atoms with Gasteiger partial charge >= 0.3 is 0 Å². The van der Waals surface area contributed by atoms with Gasteiger partial charge in [0.25, 0.3) is 0 Å². The quantitative estimate of drug-likeness (QED) is 0.633. The molecule has 0 aromatic carbocycles. The molecule has 0 saturated carbocycles. The molecule has 0 fully saturated rings. The second-order valence-corrected chi connectivity index (χ2v) is 5.66. The van der Waals surface area contributed by atoms with E-state index in [0.29, 0.717) is 23.7 Å².